The molecule has 5 fully saturated rings. The van der Waals surface area contributed by atoms with Gasteiger partial charge in [0.15, 0.2) is 11.5 Å². The first kappa shape index (κ1) is 17.1. The molecule has 0 saturated carbocycles. The average molecular weight is 401 g/mol. The number of nitrogens with zero attached hydrogens (tertiary/aromatic N) is 3. The molecule has 0 aromatic heterocycles. The van der Waals surface area contributed by atoms with Crippen molar-refractivity contribution in [2.75, 3.05) is 33.9 Å². The molecular formula is C21H27N3O5. The summed E-state index contributed by atoms with van der Waals surface area (Å²) >= 11 is 0. The van der Waals surface area contributed by atoms with Crippen molar-refractivity contribution in [2.45, 2.75) is 56.0 Å². The number of benzene rings is 1. The van der Waals surface area contributed by atoms with E-state index in [1.54, 1.807) is 7.11 Å². The maximum Gasteiger partial charge on any atom is 0.167 e. The molecule has 1 aromatic rings. The molecule has 0 aliphatic carbocycles. The van der Waals surface area contributed by atoms with Crippen molar-refractivity contribution in [1.29, 1.82) is 0 Å². The standard InChI is InChI=1S/C21H27N3O5/c1-8-17(25)13-12(18(26)19(8)27-3)11-7-29-21-10-6-9-14(22(10)2)16(24(11)21)15(13)23-4-5-28-20(9)23/h9-11,14-16,20-21,25-26H,4-7H2,1-3H3/t9-,10+,11+,14-,15-,16-,20-,21-/m1/s1. The quantitative estimate of drug-likeness (QED) is 0.673. The van der Waals surface area contributed by atoms with Gasteiger partial charge in [0.2, 0.25) is 0 Å². The number of hydrogen-bond acceptors (Lipinski definition) is 8. The predicted octanol–water partition coefficient (Wildman–Crippen LogP) is 0.912. The Balaban J connectivity index is 1.54. The van der Waals surface area contributed by atoms with Gasteiger partial charge in [0, 0.05) is 41.2 Å². The average Bonchev–Trinajstić information content (AvgIpc) is 3.40. The van der Waals surface area contributed by atoms with Crippen molar-refractivity contribution in [2.24, 2.45) is 5.92 Å². The molecule has 6 aliphatic heterocycles. The van der Waals surface area contributed by atoms with Crippen LogP contribution in [0.5, 0.6) is 17.2 Å². The van der Waals surface area contributed by atoms with Crippen molar-refractivity contribution >= 4 is 0 Å². The fourth-order valence-corrected chi connectivity index (χ4v) is 7.64. The molecule has 8 nitrogen and oxygen atoms in total. The summed E-state index contributed by atoms with van der Waals surface area (Å²) in [6.45, 7) is 3.91. The minimum Gasteiger partial charge on any atom is -0.507 e. The van der Waals surface area contributed by atoms with E-state index in [-0.39, 0.29) is 42.1 Å². The van der Waals surface area contributed by atoms with Crippen LogP contribution in [0.2, 0.25) is 0 Å². The Kier molecular flexibility index (Phi) is 3.17. The Labute approximate surface area is 169 Å². The van der Waals surface area contributed by atoms with Crippen LogP contribution in [0.1, 0.15) is 35.2 Å². The topological polar surface area (TPSA) is 77.9 Å². The van der Waals surface area contributed by atoms with Crippen LogP contribution in [-0.4, -0.2) is 89.4 Å². The van der Waals surface area contributed by atoms with Gasteiger partial charge in [-0.1, -0.05) is 0 Å². The number of methoxy groups -OCH3 is 1. The second kappa shape index (κ2) is 5.36. The number of rotatable bonds is 1. The summed E-state index contributed by atoms with van der Waals surface area (Å²) in [5, 5.41) is 22.6. The second-order valence-electron chi connectivity index (χ2n) is 9.43. The summed E-state index contributed by atoms with van der Waals surface area (Å²) in [6, 6.07) is 0.817. The van der Waals surface area contributed by atoms with Gasteiger partial charge < -0.3 is 24.4 Å². The Morgan fingerprint density at radius 2 is 1.90 bits per heavy atom. The van der Waals surface area contributed by atoms with Gasteiger partial charge in [0.25, 0.3) is 0 Å². The number of piperazine rings is 1. The van der Waals surface area contributed by atoms with Gasteiger partial charge >= 0.3 is 0 Å². The monoisotopic (exact) mass is 401 g/mol. The highest BCUT2D eigenvalue weighted by Gasteiger charge is 2.69. The fourth-order valence-electron chi connectivity index (χ4n) is 7.64. The summed E-state index contributed by atoms with van der Waals surface area (Å²) in [4.78, 5) is 7.44. The van der Waals surface area contributed by atoms with Crippen LogP contribution in [0.4, 0.5) is 0 Å². The number of likely N-dealkylation sites (N-methyl/N-ethyl adjacent to an activating group) is 1. The van der Waals surface area contributed by atoms with Crippen molar-refractivity contribution < 1.29 is 24.4 Å². The number of phenols is 2. The number of ether oxygens (including phenoxy) is 3. The normalized spacial score (nSPS) is 44.8. The lowest BCUT2D eigenvalue weighted by molar-refractivity contribution is -0.165. The number of phenolic OH excluding ortho intramolecular Hbond substituents is 2. The molecule has 5 saturated heterocycles. The molecule has 0 radical (unpaired) electrons. The summed E-state index contributed by atoms with van der Waals surface area (Å²) in [5.74, 6) is 1.20. The van der Waals surface area contributed by atoms with Gasteiger partial charge in [-0.15, -0.1) is 0 Å². The molecule has 6 aliphatic rings. The first-order chi connectivity index (χ1) is 14.0. The van der Waals surface area contributed by atoms with Crippen LogP contribution in [0.15, 0.2) is 0 Å². The first-order valence-corrected chi connectivity index (χ1v) is 10.6. The molecule has 2 N–H and O–H groups in total. The van der Waals surface area contributed by atoms with E-state index in [9.17, 15) is 10.2 Å². The summed E-state index contributed by atoms with van der Waals surface area (Å²) in [5.41, 5.74) is 2.23. The molecule has 7 rings (SSSR count). The maximum absolute atomic E-state index is 11.3. The van der Waals surface area contributed by atoms with Crippen molar-refractivity contribution in [3.63, 3.8) is 0 Å². The lowest BCUT2D eigenvalue weighted by atomic mass is 9.73. The Morgan fingerprint density at radius 3 is 2.69 bits per heavy atom. The molecule has 8 atom stereocenters. The SMILES string of the molecule is COc1c(C)c(O)c2c(c1O)[C@@H]1CO[C@@H]3[C@@H]4C[C@@H]5[C@H]([C@H]([C@@H]2N2CCO[C@H]52)N31)N4C. The predicted molar refractivity (Wildman–Crippen MR) is 102 cm³/mol. The number of piperidine rings is 1. The number of fused-ring (bicyclic) bond motifs is 8. The van der Waals surface area contributed by atoms with Crippen LogP contribution >= 0.6 is 0 Å². The molecule has 2 bridgehead atoms. The van der Waals surface area contributed by atoms with Crippen molar-refractivity contribution in [3.05, 3.63) is 16.7 Å². The minimum absolute atomic E-state index is 0.0146. The van der Waals surface area contributed by atoms with Crippen LogP contribution in [-0.2, 0) is 9.47 Å². The van der Waals surface area contributed by atoms with Crippen LogP contribution in [0.3, 0.4) is 0 Å². The zero-order valence-corrected chi connectivity index (χ0v) is 16.9. The molecule has 0 amide bonds. The molecular weight excluding hydrogens is 374 g/mol. The maximum atomic E-state index is 11.3. The van der Waals surface area contributed by atoms with Gasteiger partial charge in [-0.2, -0.15) is 0 Å². The third-order valence-corrected chi connectivity index (χ3v) is 8.60. The largest absolute Gasteiger partial charge is 0.507 e. The van der Waals surface area contributed by atoms with Crippen LogP contribution in [0.25, 0.3) is 0 Å². The zero-order chi connectivity index (χ0) is 19.8. The van der Waals surface area contributed by atoms with E-state index < -0.39 is 0 Å². The smallest absolute Gasteiger partial charge is 0.167 e. The van der Waals surface area contributed by atoms with Crippen molar-refractivity contribution in [3.8, 4) is 17.2 Å². The Hall–Kier alpha value is -1.58. The first-order valence-electron chi connectivity index (χ1n) is 10.6. The molecule has 1 aromatic carbocycles. The van der Waals surface area contributed by atoms with Gasteiger partial charge in [-0.3, -0.25) is 14.7 Å². The van der Waals surface area contributed by atoms with Gasteiger partial charge in [-0.05, 0) is 20.4 Å². The molecule has 0 unspecified atom stereocenters. The minimum atomic E-state index is -0.0610. The van der Waals surface area contributed by atoms with E-state index >= 15 is 0 Å². The second-order valence-corrected chi connectivity index (χ2v) is 9.43. The highest BCUT2D eigenvalue weighted by molar-refractivity contribution is 5.65. The fraction of sp³-hybridized carbons (Fsp3) is 0.714. The van der Waals surface area contributed by atoms with Gasteiger partial charge in [0.1, 0.15) is 18.2 Å². The van der Waals surface area contributed by atoms with E-state index in [4.69, 9.17) is 14.2 Å². The number of aromatic hydroxyl groups is 2. The Bertz CT molecular complexity index is 924. The lowest BCUT2D eigenvalue weighted by Gasteiger charge is -2.59. The molecule has 156 valence electrons. The Morgan fingerprint density at radius 1 is 1.07 bits per heavy atom. The third kappa shape index (κ3) is 1.73. The highest BCUT2D eigenvalue weighted by Crippen LogP contribution is 2.63. The molecule has 0 spiro atoms. The van der Waals surface area contributed by atoms with Crippen LogP contribution < -0.4 is 4.74 Å². The van der Waals surface area contributed by atoms with E-state index in [0.29, 0.717) is 42.5 Å². The van der Waals surface area contributed by atoms with E-state index in [0.717, 1.165) is 24.1 Å². The summed E-state index contributed by atoms with van der Waals surface area (Å²) in [6.07, 6.45) is 1.14. The molecule has 6 heterocycles. The van der Waals surface area contributed by atoms with E-state index in [2.05, 4.69) is 21.7 Å². The summed E-state index contributed by atoms with van der Waals surface area (Å²) in [7, 11) is 3.76. The molecule has 29 heavy (non-hydrogen) atoms. The third-order valence-electron chi connectivity index (χ3n) is 8.60. The number of hydrogen-bond donors (Lipinski definition) is 2. The van der Waals surface area contributed by atoms with Crippen molar-refractivity contribution in [1.82, 2.24) is 14.7 Å². The summed E-state index contributed by atoms with van der Waals surface area (Å²) < 4.78 is 18.1. The van der Waals surface area contributed by atoms with E-state index in [1.807, 2.05) is 6.92 Å². The molecule has 8 heteroatoms. The van der Waals surface area contributed by atoms with Gasteiger partial charge in [0.05, 0.1) is 38.4 Å². The van der Waals surface area contributed by atoms with E-state index in [1.165, 1.54) is 0 Å². The van der Waals surface area contributed by atoms with Crippen LogP contribution in [0, 0.1) is 12.8 Å². The highest BCUT2D eigenvalue weighted by atomic mass is 16.5. The zero-order valence-electron chi connectivity index (χ0n) is 16.9. The lowest BCUT2D eigenvalue weighted by Crippen LogP contribution is -2.71. The van der Waals surface area contributed by atoms with Gasteiger partial charge in [-0.25, -0.2) is 0 Å².